The number of hydrogen-bond acceptors (Lipinski definition) is 1. The molecule has 1 N–H and O–H groups in total. The van der Waals surface area contributed by atoms with Crippen molar-refractivity contribution in [1.29, 1.82) is 0 Å². The van der Waals surface area contributed by atoms with Crippen molar-refractivity contribution in [3.63, 3.8) is 0 Å². The van der Waals surface area contributed by atoms with Gasteiger partial charge in [-0.25, -0.2) is 8.78 Å². The summed E-state index contributed by atoms with van der Waals surface area (Å²) in [6, 6.07) is 2.72. The van der Waals surface area contributed by atoms with E-state index in [0.717, 1.165) is 12.1 Å². The molecule has 2 nitrogen and oxygen atoms in total. The summed E-state index contributed by atoms with van der Waals surface area (Å²) in [7, 11) is 0. The number of carboxylic acids is 1. The van der Waals surface area contributed by atoms with Crippen LogP contribution >= 0.6 is 15.9 Å². The zero-order chi connectivity index (χ0) is 13.1. The Labute approximate surface area is 106 Å². The number of carboxylic acid groups (broad SMARTS) is 1. The average Bonchev–Trinajstić information content (AvgIpc) is 2.24. The highest BCUT2D eigenvalue weighted by molar-refractivity contribution is 9.10. The molecule has 17 heavy (non-hydrogen) atoms. The Morgan fingerprint density at radius 1 is 1.41 bits per heavy atom. The summed E-state index contributed by atoms with van der Waals surface area (Å²) in [6.45, 7) is 3.49. The van der Waals surface area contributed by atoms with Crippen LogP contribution < -0.4 is 0 Å². The van der Waals surface area contributed by atoms with Gasteiger partial charge in [0.1, 0.15) is 16.0 Å². The van der Waals surface area contributed by atoms with Crippen LogP contribution in [0.4, 0.5) is 8.78 Å². The first-order valence-corrected chi connectivity index (χ1v) is 5.69. The first-order valence-electron chi connectivity index (χ1n) is 4.90. The molecule has 92 valence electrons. The van der Waals surface area contributed by atoms with E-state index in [1.165, 1.54) is 0 Å². The third kappa shape index (κ3) is 3.12. The molecule has 0 bridgehead atoms. The fourth-order valence-corrected chi connectivity index (χ4v) is 1.92. The van der Waals surface area contributed by atoms with Gasteiger partial charge in [-0.3, -0.25) is 4.79 Å². The highest BCUT2D eigenvalue weighted by atomic mass is 79.9. The molecule has 0 fully saturated rings. The van der Waals surface area contributed by atoms with Gasteiger partial charge in [0.2, 0.25) is 0 Å². The van der Waals surface area contributed by atoms with Crippen LogP contribution in [0.15, 0.2) is 30.9 Å². The molecule has 5 heteroatoms. The molecule has 0 amide bonds. The van der Waals surface area contributed by atoms with Crippen molar-refractivity contribution >= 4 is 21.9 Å². The molecule has 0 aliphatic carbocycles. The van der Waals surface area contributed by atoms with Crippen LogP contribution in [-0.2, 0) is 9.12 Å². The maximum atomic E-state index is 13.1. The Hall–Kier alpha value is -1.23. The lowest BCUT2D eigenvalue weighted by Gasteiger charge is -2.22. The minimum atomic E-state index is -1.50. The van der Waals surface area contributed by atoms with Crippen LogP contribution in [0.3, 0.4) is 0 Å². The lowest BCUT2D eigenvalue weighted by Crippen LogP contribution is -2.29. The molecule has 0 radical (unpaired) electrons. The van der Waals surface area contributed by atoms with Gasteiger partial charge in [-0.05, 0) is 30.5 Å². The molecule has 1 aromatic rings. The monoisotopic (exact) mass is 304 g/mol. The van der Waals surface area contributed by atoms with Gasteiger partial charge in [0, 0.05) is 6.07 Å². The van der Waals surface area contributed by atoms with Gasteiger partial charge < -0.3 is 5.11 Å². The third-order valence-electron chi connectivity index (χ3n) is 2.35. The summed E-state index contributed by atoms with van der Waals surface area (Å²) in [5, 5.41) is 9.17. The smallest absolute Gasteiger partial charge is 0.325 e. The predicted octanol–water partition coefficient (Wildman–Crippen LogP) is 3.61. The van der Waals surface area contributed by atoms with Crippen molar-refractivity contribution in [2.45, 2.75) is 17.2 Å². The number of carbonyl (C=O) groups is 1. The predicted molar refractivity (Wildman–Crippen MR) is 64.0 cm³/mol. The number of benzene rings is 1. The fraction of sp³-hybridized carbons (Fsp3) is 0.250. The standard InChI is InChI=1S/C12H11BrF2O2/c1-2-3-4-12(13,11(16)17)8-5-9(14)7-10(15)6-8/h2,5-7H,1,3-4H2,(H,16,17). The van der Waals surface area contributed by atoms with Gasteiger partial charge in [-0.1, -0.05) is 22.0 Å². The largest absolute Gasteiger partial charge is 0.480 e. The van der Waals surface area contributed by atoms with Crippen molar-refractivity contribution in [1.82, 2.24) is 0 Å². The quantitative estimate of drug-likeness (QED) is 0.666. The molecule has 0 aliphatic heterocycles. The Balaban J connectivity index is 3.21. The van der Waals surface area contributed by atoms with E-state index in [1.807, 2.05) is 0 Å². The van der Waals surface area contributed by atoms with Crippen molar-refractivity contribution in [3.05, 3.63) is 48.1 Å². The van der Waals surface area contributed by atoms with Crippen molar-refractivity contribution < 1.29 is 18.7 Å². The maximum Gasteiger partial charge on any atom is 0.325 e. The number of allylic oxidation sites excluding steroid dienone is 1. The minimum Gasteiger partial charge on any atom is -0.480 e. The van der Waals surface area contributed by atoms with E-state index >= 15 is 0 Å². The Morgan fingerprint density at radius 2 is 1.94 bits per heavy atom. The molecule has 0 spiro atoms. The molecule has 0 saturated heterocycles. The SMILES string of the molecule is C=CCCC(Br)(C(=O)O)c1cc(F)cc(F)c1. The second-order valence-electron chi connectivity index (χ2n) is 3.59. The lowest BCUT2D eigenvalue weighted by molar-refractivity contribution is -0.140. The van der Waals surface area contributed by atoms with E-state index in [1.54, 1.807) is 6.08 Å². The summed E-state index contributed by atoms with van der Waals surface area (Å²) >= 11 is 3.05. The van der Waals surface area contributed by atoms with E-state index < -0.39 is 21.9 Å². The summed E-state index contributed by atoms with van der Waals surface area (Å²) in [5.41, 5.74) is 0.0457. The minimum absolute atomic E-state index is 0.0457. The number of rotatable bonds is 5. The first-order chi connectivity index (χ1) is 7.90. The lowest BCUT2D eigenvalue weighted by atomic mass is 9.94. The van der Waals surface area contributed by atoms with Crippen LogP contribution in [0.5, 0.6) is 0 Å². The van der Waals surface area contributed by atoms with Crippen LogP contribution in [0.25, 0.3) is 0 Å². The fourth-order valence-electron chi connectivity index (χ4n) is 1.46. The van der Waals surface area contributed by atoms with E-state index in [2.05, 4.69) is 22.5 Å². The highest BCUT2D eigenvalue weighted by Gasteiger charge is 2.37. The van der Waals surface area contributed by atoms with E-state index in [0.29, 0.717) is 12.5 Å². The van der Waals surface area contributed by atoms with Gasteiger partial charge in [-0.2, -0.15) is 0 Å². The van der Waals surface area contributed by atoms with Gasteiger partial charge in [0.05, 0.1) is 0 Å². The topological polar surface area (TPSA) is 37.3 Å². The molecule has 0 saturated carbocycles. The van der Waals surface area contributed by atoms with Crippen molar-refractivity contribution in [2.75, 3.05) is 0 Å². The number of alkyl halides is 1. The third-order valence-corrected chi connectivity index (χ3v) is 3.55. The van der Waals surface area contributed by atoms with Gasteiger partial charge in [0.15, 0.2) is 0 Å². The van der Waals surface area contributed by atoms with E-state index in [4.69, 9.17) is 5.11 Å². The summed E-state index contributed by atoms with van der Waals surface area (Å²) in [4.78, 5) is 11.2. The van der Waals surface area contributed by atoms with Crippen LogP contribution in [0, 0.1) is 11.6 Å². The molecule has 0 aromatic heterocycles. The Kier molecular flexibility index (Phi) is 4.40. The number of aliphatic carboxylic acids is 1. The van der Waals surface area contributed by atoms with Crippen LogP contribution in [0.1, 0.15) is 18.4 Å². The van der Waals surface area contributed by atoms with E-state index in [-0.39, 0.29) is 12.0 Å². The van der Waals surface area contributed by atoms with Gasteiger partial charge >= 0.3 is 5.97 Å². The molecule has 1 atom stereocenters. The Morgan fingerprint density at radius 3 is 2.35 bits per heavy atom. The maximum absolute atomic E-state index is 13.1. The normalized spacial score (nSPS) is 14.1. The van der Waals surface area contributed by atoms with Gasteiger partial charge in [0.25, 0.3) is 0 Å². The second kappa shape index (κ2) is 5.40. The Bertz CT molecular complexity index is 428. The number of halogens is 3. The summed E-state index contributed by atoms with van der Waals surface area (Å²) in [5.74, 6) is -2.79. The molecule has 0 heterocycles. The van der Waals surface area contributed by atoms with Crippen molar-refractivity contribution in [2.24, 2.45) is 0 Å². The highest BCUT2D eigenvalue weighted by Crippen LogP contribution is 2.37. The average molecular weight is 305 g/mol. The van der Waals surface area contributed by atoms with Crippen LogP contribution in [0.2, 0.25) is 0 Å². The number of hydrogen-bond donors (Lipinski definition) is 1. The first kappa shape index (κ1) is 13.8. The van der Waals surface area contributed by atoms with Crippen LogP contribution in [-0.4, -0.2) is 11.1 Å². The molecular formula is C12H11BrF2O2. The molecule has 1 unspecified atom stereocenters. The zero-order valence-corrected chi connectivity index (χ0v) is 10.5. The summed E-state index contributed by atoms with van der Waals surface area (Å²) < 4.78 is 24.6. The molecule has 1 aromatic carbocycles. The zero-order valence-electron chi connectivity index (χ0n) is 8.92. The summed E-state index contributed by atoms with van der Waals surface area (Å²) in [6.07, 6.45) is 2.12. The molecule has 1 rings (SSSR count). The van der Waals surface area contributed by atoms with Gasteiger partial charge in [-0.15, -0.1) is 6.58 Å². The second-order valence-corrected chi connectivity index (χ2v) is 4.95. The van der Waals surface area contributed by atoms with E-state index in [9.17, 15) is 13.6 Å². The molecule has 0 aliphatic rings. The van der Waals surface area contributed by atoms with Crippen molar-refractivity contribution in [3.8, 4) is 0 Å². The molecular weight excluding hydrogens is 294 g/mol.